The van der Waals surface area contributed by atoms with Gasteiger partial charge in [0, 0.05) is 6.26 Å². The standard InChI is InChI=1S/C9H17NO4S/c1-7(8(11)12)10-9(15(2,13)14)5-3-4-6-9/h7,10H,3-6H2,1-2H3,(H,11,12). The molecule has 15 heavy (non-hydrogen) atoms. The summed E-state index contributed by atoms with van der Waals surface area (Å²) < 4.78 is 23.3. The maximum absolute atomic E-state index is 11.7. The van der Waals surface area contributed by atoms with Crippen LogP contribution in [0.3, 0.4) is 0 Å². The Bertz CT molecular complexity index is 343. The number of carboxylic acids is 1. The van der Waals surface area contributed by atoms with Gasteiger partial charge in [-0.1, -0.05) is 12.8 Å². The van der Waals surface area contributed by atoms with Gasteiger partial charge in [0.05, 0.1) is 0 Å². The molecule has 1 saturated carbocycles. The molecule has 0 spiro atoms. The zero-order valence-electron chi connectivity index (χ0n) is 8.99. The Morgan fingerprint density at radius 2 is 1.87 bits per heavy atom. The molecule has 0 aromatic carbocycles. The third kappa shape index (κ3) is 2.49. The Morgan fingerprint density at radius 1 is 1.40 bits per heavy atom. The van der Waals surface area contributed by atoms with E-state index < -0.39 is 26.7 Å². The smallest absolute Gasteiger partial charge is 0.320 e. The van der Waals surface area contributed by atoms with Gasteiger partial charge in [0.1, 0.15) is 10.9 Å². The zero-order chi connectivity index (χ0) is 11.7. The lowest BCUT2D eigenvalue weighted by Crippen LogP contribution is -2.54. The number of hydrogen-bond donors (Lipinski definition) is 2. The van der Waals surface area contributed by atoms with Crippen LogP contribution in [0.5, 0.6) is 0 Å². The first kappa shape index (κ1) is 12.4. The van der Waals surface area contributed by atoms with Crippen LogP contribution in [0.25, 0.3) is 0 Å². The molecule has 0 bridgehead atoms. The lowest BCUT2D eigenvalue weighted by atomic mass is 10.2. The van der Waals surface area contributed by atoms with Gasteiger partial charge in [-0.25, -0.2) is 8.42 Å². The van der Waals surface area contributed by atoms with Crippen molar-refractivity contribution >= 4 is 15.8 Å². The molecule has 0 aliphatic heterocycles. The highest BCUT2D eigenvalue weighted by molar-refractivity contribution is 7.92. The van der Waals surface area contributed by atoms with E-state index in [9.17, 15) is 13.2 Å². The molecule has 1 unspecified atom stereocenters. The first-order chi connectivity index (χ1) is 6.78. The summed E-state index contributed by atoms with van der Waals surface area (Å²) in [6.45, 7) is 1.47. The van der Waals surface area contributed by atoms with Gasteiger partial charge in [0.15, 0.2) is 9.84 Å². The molecule has 0 saturated heterocycles. The molecule has 6 heteroatoms. The SMILES string of the molecule is CC(NC1(S(C)(=O)=O)CCCC1)C(=O)O. The molecule has 0 aromatic heterocycles. The van der Waals surface area contributed by atoms with Gasteiger partial charge in [-0.05, 0) is 19.8 Å². The fourth-order valence-electron chi connectivity index (χ4n) is 2.02. The van der Waals surface area contributed by atoms with Crippen LogP contribution in [0.15, 0.2) is 0 Å². The number of rotatable bonds is 4. The Balaban J connectivity index is 2.89. The van der Waals surface area contributed by atoms with E-state index in [4.69, 9.17) is 5.11 Å². The largest absolute Gasteiger partial charge is 0.480 e. The van der Waals surface area contributed by atoms with Crippen molar-refractivity contribution in [2.24, 2.45) is 0 Å². The second-order valence-corrected chi connectivity index (χ2v) is 6.50. The van der Waals surface area contributed by atoms with E-state index in [0.29, 0.717) is 12.8 Å². The van der Waals surface area contributed by atoms with Crippen molar-refractivity contribution in [3.05, 3.63) is 0 Å². The maximum Gasteiger partial charge on any atom is 0.320 e. The summed E-state index contributed by atoms with van der Waals surface area (Å²) in [7, 11) is -3.27. The Kier molecular flexibility index (Phi) is 3.40. The van der Waals surface area contributed by atoms with E-state index in [2.05, 4.69) is 5.32 Å². The van der Waals surface area contributed by atoms with Crippen molar-refractivity contribution in [3.8, 4) is 0 Å². The van der Waals surface area contributed by atoms with Crippen molar-refractivity contribution in [2.45, 2.75) is 43.5 Å². The van der Waals surface area contributed by atoms with Crippen molar-refractivity contribution in [1.82, 2.24) is 5.32 Å². The molecular weight excluding hydrogens is 218 g/mol. The number of hydrogen-bond acceptors (Lipinski definition) is 4. The molecule has 1 aliphatic carbocycles. The second-order valence-electron chi connectivity index (χ2n) is 4.18. The highest BCUT2D eigenvalue weighted by atomic mass is 32.2. The van der Waals surface area contributed by atoms with Crippen LogP contribution < -0.4 is 5.32 Å². The highest BCUT2D eigenvalue weighted by Crippen LogP contribution is 2.34. The van der Waals surface area contributed by atoms with E-state index in [0.717, 1.165) is 12.8 Å². The minimum atomic E-state index is -3.27. The topological polar surface area (TPSA) is 83.5 Å². The molecule has 1 fully saturated rings. The fraction of sp³-hybridized carbons (Fsp3) is 0.889. The molecule has 5 nitrogen and oxygen atoms in total. The zero-order valence-corrected chi connectivity index (χ0v) is 9.80. The summed E-state index contributed by atoms with van der Waals surface area (Å²) in [5.41, 5.74) is 0. The number of carboxylic acid groups (broad SMARTS) is 1. The van der Waals surface area contributed by atoms with Gasteiger partial charge in [-0.3, -0.25) is 10.1 Å². The van der Waals surface area contributed by atoms with Gasteiger partial charge in [-0.2, -0.15) is 0 Å². The lowest BCUT2D eigenvalue weighted by molar-refractivity contribution is -0.139. The average Bonchev–Trinajstić information content (AvgIpc) is 2.52. The van der Waals surface area contributed by atoms with Crippen LogP contribution in [0.2, 0.25) is 0 Å². The van der Waals surface area contributed by atoms with Crippen LogP contribution in [0, 0.1) is 0 Å². The molecule has 0 heterocycles. The first-order valence-electron chi connectivity index (χ1n) is 4.99. The summed E-state index contributed by atoms with van der Waals surface area (Å²) in [5, 5.41) is 11.5. The Morgan fingerprint density at radius 3 is 2.20 bits per heavy atom. The van der Waals surface area contributed by atoms with Crippen LogP contribution >= 0.6 is 0 Å². The quantitative estimate of drug-likeness (QED) is 0.735. The van der Waals surface area contributed by atoms with Crippen LogP contribution in [-0.4, -0.2) is 36.7 Å². The van der Waals surface area contributed by atoms with Crippen molar-refractivity contribution in [1.29, 1.82) is 0 Å². The monoisotopic (exact) mass is 235 g/mol. The van der Waals surface area contributed by atoms with E-state index in [1.165, 1.54) is 13.2 Å². The lowest BCUT2D eigenvalue weighted by Gasteiger charge is -2.30. The summed E-state index contributed by atoms with van der Waals surface area (Å²) in [5.74, 6) is -1.02. The van der Waals surface area contributed by atoms with Crippen molar-refractivity contribution in [2.75, 3.05) is 6.26 Å². The number of aliphatic carboxylic acids is 1. The van der Waals surface area contributed by atoms with Crippen LogP contribution in [0.1, 0.15) is 32.6 Å². The maximum atomic E-state index is 11.7. The van der Waals surface area contributed by atoms with Crippen LogP contribution in [-0.2, 0) is 14.6 Å². The third-order valence-corrected chi connectivity index (χ3v) is 4.92. The molecule has 1 rings (SSSR count). The van der Waals surface area contributed by atoms with E-state index in [1.54, 1.807) is 0 Å². The molecule has 1 aliphatic rings. The van der Waals surface area contributed by atoms with Gasteiger partial charge < -0.3 is 5.11 Å². The molecular formula is C9H17NO4S. The molecule has 0 aromatic rings. The average molecular weight is 235 g/mol. The Hall–Kier alpha value is -0.620. The molecule has 1 atom stereocenters. The second kappa shape index (κ2) is 4.09. The minimum absolute atomic E-state index is 0.503. The van der Waals surface area contributed by atoms with E-state index in [1.807, 2.05) is 0 Å². The summed E-state index contributed by atoms with van der Waals surface area (Å²) in [6.07, 6.45) is 3.83. The van der Waals surface area contributed by atoms with Gasteiger partial charge in [-0.15, -0.1) is 0 Å². The fourth-order valence-corrected chi connectivity index (χ4v) is 3.45. The third-order valence-electron chi connectivity index (χ3n) is 2.97. The summed E-state index contributed by atoms with van der Waals surface area (Å²) in [6, 6.07) is -0.835. The van der Waals surface area contributed by atoms with E-state index in [-0.39, 0.29) is 0 Å². The van der Waals surface area contributed by atoms with Gasteiger partial charge in [0.25, 0.3) is 0 Å². The minimum Gasteiger partial charge on any atom is -0.480 e. The molecule has 0 amide bonds. The number of sulfone groups is 1. The molecule has 88 valence electrons. The van der Waals surface area contributed by atoms with Gasteiger partial charge in [0.2, 0.25) is 0 Å². The van der Waals surface area contributed by atoms with Gasteiger partial charge >= 0.3 is 5.97 Å². The van der Waals surface area contributed by atoms with Crippen molar-refractivity contribution in [3.63, 3.8) is 0 Å². The molecule has 0 radical (unpaired) electrons. The molecule has 2 N–H and O–H groups in total. The van der Waals surface area contributed by atoms with Crippen LogP contribution in [0.4, 0.5) is 0 Å². The van der Waals surface area contributed by atoms with E-state index >= 15 is 0 Å². The summed E-state index contributed by atoms with van der Waals surface area (Å²) >= 11 is 0. The normalized spacial score (nSPS) is 22.5. The number of carbonyl (C=O) groups is 1. The predicted octanol–water partition coefficient (Wildman–Crippen LogP) is 0.364. The first-order valence-corrected chi connectivity index (χ1v) is 6.88. The predicted molar refractivity (Wildman–Crippen MR) is 56.3 cm³/mol. The highest BCUT2D eigenvalue weighted by Gasteiger charge is 2.44. The number of nitrogens with one attached hydrogen (secondary N) is 1. The Labute approximate surface area is 89.8 Å². The summed E-state index contributed by atoms with van der Waals surface area (Å²) in [4.78, 5) is 9.68. The van der Waals surface area contributed by atoms with Crippen molar-refractivity contribution < 1.29 is 18.3 Å².